The van der Waals surface area contributed by atoms with Crippen molar-refractivity contribution in [3.8, 4) is 0 Å². The molecule has 148 valence electrons. The third-order valence-electron chi connectivity index (χ3n) is 4.07. The first-order valence-corrected chi connectivity index (χ1v) is 10.8. The van der Waals surface area contributed by atoms with Gasteiger partial charge in [-0.1, -0.05) is 23.7 Å². The zero-order valence-corrected chi connectivity index (χ0v) is 17.3. The van der Waals surface area contributed by atoms with Crippen molar-refractivity contribution in [2.45, 2.75) is 11.3 Å². The van der Waals surface area contributed by atoms with E-state index in [4.69, 9.17) is 11.6 Å². The first-order valence-electron chi connectivity index (χ1n) is 8.93. The summed E-state index contributed by atoms with van der Waals surface area (Å²) in [5.41, 5.74) is 1.30. The summed E-state index contributed by atoms with van der Waals surface area (Å²) in [6.07, 6.45) is 0.917. The smallest absolute Gasteiger partial charge is 0.263 e. The van der Waals surface area contributed by atoms with Crippen molar-refractivity contribution in [1.82, 2.24) is 9.97 Å². The first-order chi connectivity index (χ1) is 13.3. The van der Waals surface area contributed by atoms with E-state index in [-0.39, 0.29) is 10.7 Å². The molecule has 0 atom stereocenters. The molecular weight excluding hydrogens is 398 g/mol. The molecule has 0 fully saturated rings. The maximum Gasteiger partial charge on any atom is 0.263 e. The number of quaternary nitrogens is 1. The Balaban J connectivity index is 1.91. The van der Waals surface area contributed by atoms with E-state index in [9.17, 15) is 8.42 Å². The summed E-state index contributed by atoms with van der Waals surface area (Å²) in [5, 5.41) is 3.68. The van der Waals surface area contributed by atoms with Crippen molar-refractivity contribution >= 4 is 44.3 Å². The molecule has 0 aliphatic rings. The lowest BCUT2D eigenvalue weighted by Crippen LogP contribution is -3.05. The highest BCUT2D eigenvalue weighted by molar-refractivity contribution is 7.92. The van der Waals surface area contributed by atoms with Crippen LogP contribution in [0, 0.1) is 0 Å². The number of aromatic nitrogens is 2. The molecule has 0 amide bonds. The Morgan fingerprint density at radius 1 is 0.964 bits per heavy atom. The number of nitrogens with one attached hydrogen (secondary N) is 3. The van der Waals surface area contributed by atoms with Crippen molar-refractivity contribution in [3.63, 3.8) is 0 Å². The Kier molecular flexibility index (Phi) is 6.33. The van der Waals surface area contributed by atoms with Crippen LogP contribution in [0.5, 0.6) is 0 Å². The second-order valence-electron chi connectivity index (χ2n) is 6.71. The van der Waals surface area contributed by atoms with Gasteiger partial charge in [0, 0.05) is 18.0 Å². The number of fused-ring (bicyclic) bond motifs is 1. The Hall–Kier alpha value is -2.42. The number of anilines is 2. The zero-order valence-electron chi connectivity index (χ0n) is 15.7. The largest absolute Gasteiger partial charge is 0.367 e. The standard InChI is InChI=1S/C19H22ClN5O2S/c1-25(2)13-5-12-21-18-19(23-17-7-4-3-6-16(17)22-18)24-28(26,27)15-10-8-14(20)9-11-15/h3-4,6-11H,5,12-13H2,1-2H3,(H,21,22)(H,23,24)/p+1. The number of benzene rings is 2. The van der Waals surface area contributed by atoms with E-state index in [0.29, 0.717) is 28.4 Å². The van der Waals surface area contributed by atoms with E-state index in [1.165, 1.54) is 29.2 Å². The molecule has 0 saturated carbocycles. The van der Waals surface area contributed by atoms with E-state index in [0.717, 1.165) is 13.0 Å². The van der Waals surface area contributed by atoms with Crippen molar-refractivity contribution < 1.29 is 13.3 Å². The van der Waals surface area contributed by atoms with Gasteiger partial charge < -0.3 is 10.2 Å². The van der Waals surface area contributed by atoms with Gasteiger partial charge in [0.1, 0.15) is 0 Å². The number of para-hydroxylation sites is 2. The highest BCUT2D eigenvalue weighted by Crippen LogP contribution is 2.24. The van der Waals surface area contributed by atoms with Crippen LogP contribution in [0.15, 0.2) is 53.4 Å². The molecule has 0 spiro atoms. The van der Waals surface area contributed by atoms with Crippen molar-refractivity contribution in [3.05, 3.63) is 53.6 Å². The lowest BCUT2D eigenvalue weighted by Gasteiger charge is -2.14. The summed E-state index contributed by atoms with van der Waals surface area (Å²) in [5.74, 6) is 0.579. The van der Waals surface area contributed by atoms with Gasteiger partial charge in [-0.3, -0.25) is 4.72 Å². The van der Waals surface area contributed by atoms with Gasteiger partial charge in [0.05, 0.1) is 36.6 Å². The predicted molar refractivity (Wildman–Crippen MR) is 113 cm³/mol. The van der Waals surface area contributed by atoms with Crippen LogP contribution in [-0.4, -0.2) is 45.6 Å². The molecule has 9 heteroatoms. The Bertz CT molecular complexity index is 1060. The van der Waals surface area contributed by atoms with Crippen LogP contribution in [-0.2, 0) is 10.0 Å². The van der Waals surface area contributed by atoms with Crippen molar-refractivity contribution in [2.75, 3.05) is 37.2 Å². The highest BCUT2D eigenvalue weighted by atomic mass is 35.5. The van der Waals surface area contributed by atoms with Gasteiger partial charge in [0.25, 0.3) is 10.0 Å². The summed E-state index contributed by atoms with van der Waals surface area (Å²) in [4.78, 5) is 10.5. The summed E-state index contributed by atoms with van der Waals surface area (Å²) in [6.45, 7) is 1.65. The average molecular weight is 421 g/mol. The van der Waals surface area contributed by atoms with E-state index in [2.05, 4.69) is 34.1 Å². The fraction of sp³-hybridized carbons (Fsp3) is 0.263. The minimum absolute atomic E-state index is 0.106. The van der Waals surface area contributed by atoms with Gasteiger partial charge in [-0.2, -0.15) is 0 Å². The second-order valence-corrected chi connectivity index (χ2v) is 8.83. The molecule has 0 aliphatic carbocycles. The molecule has 2 aromatic carbocycles. The fourth-order valence-electron chi connectivity index (χ4n) is 2.64. The molecule has 0 aliphatic heterocycles. The van der Waals surface area contributed by atoms with Gasteiger partial charge in [0.15, 0.2) is 11.6 Å². The molecule has 3 N–H and O–H groups in total. The van der Waals surface area contributed by atoms with Crippen LogP contribution in [0.4, 0.5) is 11.6 Å². The number of nitrogens with zero attached hydrogens (tertiary/aromatic N) is 2. The Morgan fingerprint density at radius 2 is 1.57 bits per heavy atom. The topological polar surface area (TPSA) is 88.4 Å². The summed E-state index contributed by atoms with van der Waals surface area (Å²) >= 11 is 5.86. The van der Waals surface area contributed by atoms with Crippen LogP contribution >= 0.6 is 11.6 Å². The van der Waals surface area contributed by atoms with Crippen molar-refractivity contribution in [2.24, 2.45) is 0 Å². The Labute approximate surface area is 169 Å². The number of halogens is 1. The van der Waals surface area contributed by atoms with Gasteiger partial charge in [0.2, 0.25) is 0 Å². The first kappa shape index (κ1) is 20.3. The average Bonchev–Trinajstić information content (AvgIpc) is 2.65. The quantitative estimate of drug-likeness (QED) is 0.485. The van der Waals surface area contributed by atoms with Crippen LogP contribution in [0.1, 0.15) is 6.42 Å². The molecule has 28 heavy (non-hydrogen) atoms. The predicted octanol–water partition coefficient (Wildman–Crippen LogP) is 2.03. The molecule has 0 bridgehead atoms. The maximum absolute atomic E-state index is 12.8. The fourth-order valence-corrected chi connectivity index (χ4v) is 3.78. The molecule has 1 heterocycles. The normalized spacial score (nSPS) is 11.7. The minimum Gasteiger partial charge on any atom is -0.367 e. The summed E-state index contributed by atoms with van der Waals surface area (Å²) in [7, 11) is 0.349. The number of sulfonamides is 1. The summed E-state index contributed by atoms with van der Waals surface area (Å²) in [6, 6.07) is 13.3. The van der Waals surface area contributed by atoms with E-state index in [1.54, 1.807) is 6.07 Å². The van der Waals surface area contributed by atoms with Crippen LogP contribution in [0.3, 0.4) is 0 Å². The highest BCUT2D eigenvalue weighted by Gasteiger charge is 2.18. The lowest BCUT2D eigenvalue weighted by molar-refractivity contribution is -0.858. The number of rotatable bonds is 8. The van der Waals surface area contributed by atoms with Gasteiger partial charge >= 0.3 is 0 Å². The van der Waals surface area contributed by atoms with Crippen LogP contribution < -0.4 is 14.9 Å². The van der Waals surface area contributed by atoms with E-state index in [1.807, 2.05) is 18.2 Å². The molecule has 0 radical (unpaired) electrons. The third kappa shape index (κ3) is 5.09. The number of hydrogen-bond donors (Lipinski definition) is 3. The molecule has 1 aromatic heterocycles. The molecule has 0 saturated heterocycles. The second kappa shape index (κ2) is 8.72. The van der Waals surface area contributed by atoms with Crippen LogP contribution in [0.25, 0.3) is 11.0 Å². The molecule has 3 aromatic rings. The molecular formula is C19H23ClN5O2S+. The van der Waals surface area contributed by atoms with Crippen molar-refractivity contribution in [1.29, 1.82) is 0 Å². The van der Waals surface area contributed by atoms with Gasteiger partial charge in [-0.25, -0.2) is 18.4 Å². The third-order valence-corrected chi connectivity index (χ3v) is 5.68. The molecule has 3 rings (SSSR count). The minimum atomic E-state index is -3.82. The van der Waals surface area contributed by atoms with Gasteiger partial charge in [-0.05, 0) is 36.4 Å². The molecule has 0 unspecified atom stereocenters. The zero-order chi connectivity index (χ0) is 20.1. The van der Waals surface area contributed by atoms with Crippen LogP contribution in [0.2, 0.25) is 5.02 Å². The Morgan fingerprint density at radius 3 is 2.18 bits per heavy atom. The lowest BCUT2D eigenvalue weighted by atomic mass is 10.3. The van der Waals surface area contributed by atoms with E-state index >= 15 is 0 Å². The summed E-state index contributed by atoms with van der Waals surface area (Å²) < 4.78 is 28.1. The number of hydrogen-bond acceptors (Lipinski definition) is 5. The van der Waals surface area contributed by atoms with Gasteiger partial charge in [-0.15, -0.1) is 0 Å². The SMILES string of the molecule is C[NH+](C)CCCNc1nc2ccccc2nc1NS(=O)(=O)c1ccc(Cl)cc1. The maximum atomic E-state index is 12.8. The molecule has 7 nitrogen and oxygen atoms in total. The van der Waals surface area contributed by atoms with E-state index < -0.39 is 10.0 Å². The monoisotopic (exact) mass is 420 g/mol.